The van der Waals surface area contributed by atoms with Gasteiger partial charge in [-0.05, 0) is 48.9 Å². The number of hydrogen-bond acceptors (Lipinski definition) is 4. The molecule has 0 radical (unpaired) electrons. The Balaban J connectivity index is 1.66. The molecule has 0 spiro atoms. The first-order valence-electron chi connectivity index (χ1n) is 6.77. The lowest BCUT2D eigenvalue weighted by Crippen LogP contribution is -2.13. The van der Waals surface area contributed by atoms with Crippen LogP contribution in [0.4, 0.5) is 9.52 Å². The number of carbonyl (C=O) groups excluding carboxylic acids is 1. The third-order valence-corrected chi connectivity index (χ3v) is 5.54. The van der Waals surface area contributed by atoms with E-state index in [-0.39, 0.29) is 17.5 Å². The van der Waals surface area contributed by atoms with Gasteiger partial charge in [0.15, 0.2) is 5.13 Å². The van der Waals surface area contributed by atoms with E-state index in [2.05, 4.69) is 10.3 Å². The average Bonchev–Trinajstić information content (AvgIpc) is 2.94. The number of hydrogen-bond donors (Lipinski definition) is 1. The Morgan fingerprint density at radius 1 is 1.30 bits per heavy atom. The Labute approximate surface area is 145 Å². The lowest BCUT2D eigenvalue weighted by atomic mass is 10.2. The van der Waals surface area contributed by atoms with Crippen molar-refractivity contribution in [3.63, 3.8) is 0 Å². The van der Waals surface area contributed by atoms with Crippen LogP contribution in [-0.2, 0) is 4.79 Å². The predicted octanol–water partition coefficient (Wildman–Crippen LogP) is 5.13. The molecule has 2 aromatic carbocycles. The quantitative estimate of drug-likeness (QED) is 0.651. The summed E-state index contributed by atoms with van der Waals surface area (Å²) in [6.45, 7) is 1.90. The summed E-state index contributed by atoms with van der Waals surface area (Å²) in [6, 6.07) is 9.77. The number of fused-ring (bicyclic) bond motifs is 1. The Kier molecular flexibility index (Phi) is 4.84. The number of nitrogens with zero attached hydrogens (tertiary/aromatic N) is 1. The third kappa shape index (κ3) is 3.83. The summed E-state index contributed by atoms with van der Waals surface area (Å²) in [6.07, 6.45) is 0. The number of thiazole rings is 1. The van der Waals surface area contributed by atoms with E-state index >= 15 is 0 Å². The Bertz CT molecular complexity index is 864. The fourth-order valence-corrected chi connectivity index (χ4v) is 3.78. The zero-order valence-corrected chi connectivity index (χ0v) is 14.5. The molecule has 0 unspecified atom stereocenters. The number of carbonyl (C=O) groups is 1. The van der Waals surface area contributed by atoms with E-state index in [1.807, 2.05) is 19.1 Å². The molecule has 0 bridgehead atoms. The van der Waals surface area contributed by atoms with Crippen LogP contribution in [0.1, 0.15) is 5.56 Å². The van der Waals surface area contributed by atoms with Crippen LogP contribution in [0.2, 0.25) is 5.02 Å². The number of thioether (sulfide) groups is 1. The molecule has 3 rings (SSSR count). The summed E-state index contributed by atoms with van der Waals surface area (Å²) in [5.41, 5.74) is 1.71. The minimum Gasteiger partial charge on any atom is -0.301 e. The van der Waals surface area contributed by atoms with Gasteiger partial charge in [0.05, 0.1) is 16.0 Å². The Hall–Kier alpha value is -1.63. The molecule has 0 saturated carbocycles. The molecule has 0 aliphatic rings. The van der Waals surface area contributed by atoms with Crippen molar-refractivity contribution in [3.8, 4) is 0 Å². The van der Waals surface area contributed by atoms with E-state index in [4.69, 9.17) is 11.6 Å². The van der Waals surface area contributed by atoms with Gasteiger partial charge in [-0.25, -0.2) is 9.37 Å². The molecule has 0 fully saturated rings. The molecule has 0 aliphatic carbocycles. The van der Waals surface area contributed by atoms with Crippen molar-refractivity contribution in [2.75, 3.05) is 11.1 Å². The first kappa shape index (κ1) is 16.2. The molecule has 3 aromatic rings. The van der Waals surface area contributed by atoms with Crippen LogP contribution in [-0.4, -0.2) is 16.6 Å². The summed E-state index contributed by atoms with van der Waals surface area (Å²) in [7, 11) is 0. The van der Waals surface area contributed by atoms with Crippen molar-refractivity contribution in [3.05, 3.63) is 52.8 Å². The van der Waals surface area contributed by atoms with Gasteiger partial charge in [-0.3, -0.25) is 4.79 Å². The lowest BCUT2D eigenvalue weighted by molar-refractivity contribution is -0.113. The number of aromatic nitrogens is 1. The molecular weight excluding hydrogens is 355 g/mol. The normalized spacial score (nSPS) is 10.9. The van der Waals surface area contributed by atoms with Crippen LogP contribution in [0.5, 0.6) is 0 Å². The largest absolute Gasteiger partial charge is 0.301 e. The van der Waals surface area contributed by atoms with Crippen molar-refractivity contribution in [2.45, 2.75) is 11.8 Å². The van der Waals surface area contributed by atoms with Crippen molar-refractivity contribution < 1.29 is 9.18 Å². The van der Waals surface area contributed by atoms with E-state index in [1.54, 1.807) is 12.1 Å². The fraction of sp³-hybridized carbons (Fsp3) is 0.125. The zero-order valence-electron chi connectivity index (χ0n) is 12.1. The van der Waals surface area contributed by atoms with Crippen molar-refractivity contribution in [1.29, 1.82) is 0 Å². The van der Waals surface area contributed by atoms with Gasteiger partial charge < -0.3 is 5.32 Å². The standard InChI is InChI=1S/C16H12ClFN2OS2/c1-9-12(17)6-7-13-15(9)20-16(23-13)19-14(21)8-22-11-4-2-10(18)3-5-11/h2-7H,8H2,1H3,(H,19,20,21). The second kappa shape index (κ2) is 6.86. The van der Waals surface area contributed by atoms with Gasteiger partial charge >= 0.3 is 0 Å². The molecule has 0 aliphatic heterocycles. The molecular formula is C16H12ClFN2OS2. The molecule has 3 nitrogen and oxygen atoms in total. The van der Waals surface area contributed by atoms with Crippen LogP contribution in [0.15, 0.2) is 41.3 Å². The molecule has 0 atom stereocenters. The summed E-state index contributed by atoms with van der Waals surface area (Å²) in [5.74, 6) is -0.203. The molecule has 1 heterocycles. The Morgan fingerprint density at radius 3 is 2.78 bits per heavy atom. The maximum absolute atomic E-state index is 12.8. The molecule has 0 saturated heterocycles. The van der Waals surface area contributed by atoms with E-state index in [0.29, 0.717) is 10.2 Å². The molecule has 7 heteroatoms. The first-order valence-corrected chi connectivity index (χ1v) is 8.95. The number of anilines is 1. The minimum absolute atomic E-state index is 0.151. The summed E-state index contributed by atoms with van der Waals surface area (Å²) < 4.78 is 13.8. The van der Waals surface area contributed by atoms with E-state index in [0.717, 1.165) is 20.7 Å². The zero-order chi connectivity index (χ0) is 16.4. The molecule has 23 heavy (non-hydrogen) atoms. The van der Waals surface area contributed by atoms with E-state index in [1.165, 1.54) is 35.2 Å². The summed E-state index contributed by atoms with van der Waals surface area (Å²) in [4.78, 5) is 17.3. The van der Waals surface area contributed by atoms with Crippen LogP contribution < -0.4 is 5.32 Å². The lowest BCUT2D eigenvalue weighted by Gasteiger charge is -2.02. The number of halogens is 2. The van der Waals surface area contributed by atoms with E-state index < -0.39 is 0 Å². The molecule has 1 amide bonds. The highest BCUT2D eigenvalue weighted by molar-refractivity contribution is 8.00. The van der Waals surface area contributed by atoms with Gasteiger partial charge in [0, 0.05) is 9.92 Å². The predicted molar refractivity (Wildman–Crippen MR) is 95.1 cm³/mol. The number of rotatable bonds is 4. The van der Waals surface area contributed by atoms with Crippen molar-refractivity contribution in [2.24, 2.45) is 0 Å². The van der Waals surface area contributed by atoms with Gasteiger partial charge in [-0.15, -0.1) is 11.8 Å². The maximum Gasteiger partial charge on any atom is 0.236 e. The number of nitrogens with one attached hydrogen (secondary N) is 1. The topological polar surface area (TPSA) is 42.0 Å². The van der Waals surface area contributed by atoms with Gasteiger partial charge in [-0.2, -0.15) is 0 Å². The van der Waals surface area contributed by atoms with Gasteiger partial charge in [0.1, 0.15) is 5.82 Å². The molecule has 1 aromatic heterocycles. The van der Waals surface area contributed by atoms with Crippen LogP contribution >= 0.6 is 34.7 Å². The van der Waals surface area contributed by atoms with Crippen LogP contribution in [0, 0.1) is 12.7 Å². The number of benzene rings is 2. The summed E-state index contributed by atoms with van der Waals surface area (Å²) in [5, 5.41) is 4.00. The minimum atomic E-state index is -0.290. The summed E-state index contributed by atoms with van der Waals surface area (Å²) >= 11 is 8.84. The average molecular weight is 367 g/mol. The Morgan fingerprint density at radius 2 is 2.04 bits per heavy atom. The van der Waals surface area contributed by atoms with Gasteiger partial charge in [-0.1, -0.05) is 22.9 Å². The molecule has 118 valence electrons. The highest BCUT2D eigenvalue weighted by Gasteiger charge is 2.11. The number of amides is 1. The van der Waals surface area contributed by atoms with Gasteiger partial charge in [0.25, 0.3) is 0 Å². The fourth-order valence-electron chi connectivity index (χ4n) is 1.99. The maximum atomic E-state index is 12.8. The SMILES string of the molecule is Cc1c(Cl)ccc2sc(NC(=O)CSc3ccc(F)cc3)nc12. The van der Waals surface area contributed by atoms with Crippen LogP contribution in [0.3, 0.4) is 0 Å². The van der Waals surface area contributed by atoms with Gasteiger partial charge in [0.2, 0.25) is 5.91 Å². The second-order valence-corrected chi connectivity index (χ2v) is 7.32. The molecule has 1 N–H and O–H groups in total. The van der Waals surface area contributed by atoms with Crippen molar-refractivity contribution in [1.82, 2.24) is 4.98 Å². The van der Waals surface area contributed by atoms with Crippen molar-refractivity contribution >= 4 is 56.0 Å². The highest BCUT2D eigenvalue weighted by atomic mass is 35.5. The first-order chi connectivity index (χ1) is 11.0. The monoisotopic (exact) mass is 366 g/mol. The van der Waals surface area contributed by atoms with E-state index in [9.17, 15) is 9.18 Å². The highest BCUT2D eigenvalue weighted by Crippen LogP contribution is 2.31. The third-order valence-electron chi connectivity index (χ3n) is 3.18. The second-order valence-electron chi connectivity index (χ2n) is 4.83. The smallest absolute Gasteiger partial charge is 0.236 e. The number of aryl methyl sites for hydroxylation is 1. The van der Waals surface area contributed by atoms with Crippen LogP contribution in [0.25, 0.3) is 10.2 Å².